The van der Waals surface area contributed by atoms with Crippen LogP contribution in [0.15, 0.2) is 0 Å². The zero-order valence-corrected chi connectivity index (χ0v) is 9.70. The van der Waals surface area contributed by atoms with Crippen LogP contribution in [0.3, 0.4) is 0 Å². The molecular weight excluding hydrogens is 218 g/mol. The van der Waals surface area contributed by atoms with Crippen molar-refractivity contribution in [2.24, 2.45) is 0 Å². The first-order chi connectivity index (χ1) is 6.70. The van der Waals surface area contributed by atoms with Gasteiger partial charge < -0.3 is 4.74 Å². The van der Waals surface area contributed by atoms with Crippen LogP contribution in [0.1, 0.15) is 19.8 Å². The Bertz CT molecular complexity index is 264. The maximum absolute atomic E-state index is 12.0. The van der Waals surface area contributed by atoms with Gasteiger partial charge in [-0.05, 0) is 19.8 Å². The Morgan fingerprint density at radius 2 is 2.50 bits per heavy atom. The molecule has 0 radical (unpaired) electrons. The van der Waals surface area contributed by atoms with Crippen LogP contribution in [-0.4, -0.2) is 39.6 Å². The second kappa shape index (κ2) is 4.16. The number of amides is 1. The molecule has 5 heteroatoms. The molecular formula is C9H13NO2S2. The maximum Gasteiger partial charge on any atom is 0.257 e. The predicted molar refractivity (Wildman–Crippen MR) is 60.3 cm³/mol. The Morgan fingerprint density at radius 1 is 1.71 bits per heavy atom. The first-order valence-corrected chi connectivity index (χ1v) is 6.21. The molecule has 0 aromatic heterocycles. The number of carbonyl (C=O) groups is 1. The Hall–Kier alpha value is -0.130. The summed E-state index contributed by atoms with van der Waals surface area (Å²) in [7, 11) is 0. The van der Waals surface area contributed by atoms with Crippen molar-refractivity contribution in [1.82, 2.24) is 4.90 Å². The van der Waals surface area contributed by atoms with E-state index in [2.05, 4.69) is 0 Å². The second-order valence-electron chi connectivity index (χ2n) is 3.64. The molecule has 2 heterocycles. The number of ether oxygens (including phenoxy) is 1. The van der Waals surface area contributed by atoms with Crippen molar-refractivity contribution in [2.45, 2.75) is 31.9 Å². The van der Waals surface area contributed by atoms with Gasteiger partial charge in [0.05, 0.1) is 0 Å². The van der Waals surface area contributed by atoms with Crippen LogP contribution in [0.4, 0.5) is 0 Å². The molecule has 2 atom stereocenters. The maximum atomic E-state index is 12.0. The summed E-state index contributed by atoms with van der Waals surface area (Å²) < 4.78 is 6.07. The molecule has 2 unspecified atom stereocenters. The van der Waals surface area contributed by atoms with Gasteiger partial charge in [-0.25, -0.2) is 0 Å². The average Bonchev–Trinajstić information content (AvgIpc) is 2.75. The van der Waals surface area contributed by atoms with Crippen molar-refractivity contribution in [3.63, 3.8) is 0 Å². The quantitative estimate of drug-likeness (QED) is 0.638. The molecule has 1 amide bonds. The van der Waals surface area contributed by atoms with Crippen molar-refractivity contribution >= 4 is 34.2 Å². The highest BCUT2D eigenvalue weighted by Crippen LogP contribution is 2.27. The van der Waals surface area contributed by atoms with Gasteiger partial charge in [-0.3, -0.25) is 9.69 Å². The molecule has 2 rings (SSSR count). The van der Waals surface area contributed by atoms with Gasteiger partial charge in [0.2, 0.25) is 0 Å². The minimum atomic E-state index is -0.242. The second-order valence-corrected chi connectivity index (χ2v) is 5.29. The summed E-state index contributed by atoms with van der Waals surface area (Å²) in [6.07, 6.45) is 1.59. The van der Waals surface area contributed by atoms with E-state index in [1.165, 1.54) is 0 Å². The highest BCUT2D eigenvalue weighted by Gasteiger charge is 2.36. The molecule has 0 N–H and O–H groups in total. The fourth-order valence-corrected chi connectivity index (χ4v) is 3.17. The Kier molecular flexibility index (Phi) is 3.09. The van der Waals surface area contributed by atoms with Crippen LogP contribution in [-0.2, 0) is 9.53 Å². The number of hydrogen-bond acceptors (Lipinski definition) is 4. The Labute approximate surface area is 93.2 Å². The summed E-state index contributed by atoms with van der Waals surface area (Å²) in [5, 5.41) is 0. The summed E-state index contributed by atoms with van der Waals surface area (Å²) in [5.74, 6) is 0.974. The zero-order chi connectivity index (χ0) is 10.1. The lowest BCUT2D eigenvalue weighted by molar-refractivity contribution is -0.137. The van der Waals surface area contributed by atoms with E-state index in [0.29, 0.717) is 10.9 Å². The zero-order valence-electron chi connectivity index (χ0n) is 8.06. The van der Waals surface area contributed by atoms with Gasteiger partial charge in [0.25, 0.3) is 5.91 Å². The van der Waals surface area contributed by atoms with Crippen molar-refractivity contribution in [1.29, 1.82) is 0 Å². The van der Waals surface area contributed by atoms with Crippen molar-refractivity contribution in [2.75, 3.05) is 12.4 Å². The molecule has 3 nitrogen and oxygen atoms in total. The first-order valence-electron chi connectivity index (χ1n) is 4.81. The van der Waals surface area contributed by atoms with Crippen LogP contribution >= 0.6 is 24.0 Å². The monoisotopic (exact) mass is 231 g/mol. The smallest absolute Gasteiger partial charge is 0.257 e. The van der Waals surface area contributed by atoms with E-state index in [4.69, 9.17) is 17.0 Å². The van der Waals surface area contributed by atoms with Gasteiger partial charge in [0.1, 0.15) is 10.4 Å². The van der Waals surface area contributed by atoms with Crippen LogP contribution in [0.25, 0.3) is 0 Å². The van der Waals surface area contributed by atoms with E-state index < -0.39 is 0 Å². The largest absolute Gasteiger partial charge is 0.368 e. The Balaban J connectivity index is 2.05. The normalized spacial score (nSPS) is 32.6. The fraction of sp³-hybridized carbons (Fsp3) is 0.778. The molecule has 0 spiro atoms. The molecule has 0 saturated carbocycles. The van der Waals surface area contributed by atoms with Crippen LogP contribution < -0.4 is 0 Å². The molecule has 0 bridgehead atoms. The minimum Gasteiger partial charge on any atom is -0.368 e. The number of thiocarbonyl (C=S) groups is 1. The lowest BCUT2D eigenvalue weighted by Crippen LogP contribution is -2.43. The minimum absolute atomic E-state index is 0.0602. The third-order valence-corrected chi connectivity index (χ3v) is 4.17. The van der Waals surface area contributed by atoms with Crippen LogP contribution in [0.5, 0.6) is 0 Å². The van der Waals surface area contributed by atoms with E-state index in [-0.39, 0.29) is 18.1 Å². The molecule has 2 aliphatic heterocycles. The SMILES string of the molecule is CC1CSC(=S)N1C(=O)C1CCCO1. The highest BCUT2D eigenvalue weighted by molar-refractivity contribution is 8.23. The summed E-state index contributed by atoms with van der Waals surface area (Å²) in [6.45, 7) is 2.73. The summed E-state index contributed by atoms with van der Waals surface area (Å²) in [6, 6.07) is 0.226. The standard InChI is InChI=1S/C9H13NO2S2/c1-6-5-14-9(13)10(6)8(11)7-3-2-4-12-7/h6-7H,2-5H2,1H3. The number of hydrogen-bond donors (Lipinski definition) is 0. The van der Waals surface area contributed by atoms with E-state index in [1.54, 1.807) is 16.7 Å². The van der Waals surface area contributed by atoms with Crippen molar-refractivity contribution in [3.05, 3.63) is 0 Å². The van der Waals surface area contributed by atoms with Gasteiger partial charge in [-0.15, -0.1) is 0 Å². The number of carbonyl (C=O) groups excluding carboxylic acids is 1. The van der Waals surface area contributed by atoms with E-state index in [9.17, 15) is 4.79 Å². The number of rotatable bonds is 1. The van der Waals surface area contributed by atoms with Gasteiger partial charge in [-0.2, -0.15) is 0 Å². The number of nitrogens with zero attached hydrogens (tertiary/aromatic N) is 1. The summed E-state index contributed by atoms with van der Waals surface area (Å²) >= 11 is 6.72. The topological polar surface area (TPSA) is 29.5 Å². The summed E-state index contributed by atoms with van der Waals surface area (Å²) in [4.78, 5) is 13.7. The molecule has 14 heavy (non-hydrogen) atoms. The molecule has 0 aliphatic carbocycles. The molecule has 2 fully saturated rings. The fourth-order valence-electron chi connectivity index (χ4n) is 1.75. The highest BCUT2D eigenvalue weighted by atomic mass is 32.2. The van der Waals surface area contributed by atoms with Gasteiger partial charge in [0, 0.05) is 18.4 Å². The predicted octanol–water partition coefficient (Wildman–Crippen LogP) is 1.41. The van der Waals surface area contributed by atoms with Crippen LogP contribution in [0.2, 0.25) is 0 Å². The molecule has 2 aliphatic rings. The summed E-state index contributed by atoms with van der Waals surface area (Å²) in [5.41, 5.74) is 0. The molecule has 0 aromatic carbocycles. The van der Waals surface area contributed by atoms with Crippen molar-refractivity contribution in [3.8, 4) is 0 Å². The third kappa shape index (κ3) is 1.81. The molecule has 78 valence electrons. The molecule has 0 aromatic rings. The van der Waals surface area contributed by atoms with E-state index in [0.717, 1.165) is 18.6 Å². The van der Waals surface area contributed by atoms with E-state index >= 15 is 0 Å². The molecule has 2 saturated heterocycles. The van der Waals surface area contributed by atoms with E-state index in [1.807, 2.05) is 6.92 Å². The van der Waals surface area contributed by atoms with Crippen LogP contribution in [0, 0.1) is 0 Å². The number of thioether (sulfide) groups is 1. The Morgan fingerprint density at radius 3 is 3.00 bits per heavy atom. The lowest BCUT2D eigenvalue weighted by Gasteiger charge is -2.23. The average molecular weight is 231 g/mol. The van der Waals surface area contributed by atoms with Crippen molar-refractivity contribution < 1.29 is 9.53 Å². The lowest BCUT2D eigenvalue weighted by atomic mass is 10.2. The van der Waals surface area contributed by atoms with Gasteiger partial charge >= 0.3 is 0 Å². The first kappa shape index (κ1) is 10.4. The van der Waals surface area contributed by atoms with Gasteiger partial charge in [-0.1, -0.05) is 24.0 Å². The third-order valence-electron chi connectivity index (χ3n) is 2.53. The van der Waals surface area contributed by atoms with Gasteiger partial charge in [0.15, 0.2) is 0 Å².